The Morgan fingerprint density at radius 2 is 0.500 bits per heavy atom. The van der Waals surface area contributed by atoms with Gasteiger partial charge in [-0.2, -0.15) is 0 Å². The molecule has 0 saturated heterocycles. The van der Waals surface area contributed by atoms with E-state index in [9.17, 15) is 0 Å². The van der Waals surface area contributed by atoms with E-state index in [1.165, 1.54) is 33.0 Å². The van der Waals surface area contributed by atoms with E-state index in [2.05, 4.69) is 216 Å². The predicted octanol–water partition coefficient (Wildman–Crippen LogP) is 13.1. The standard InChI is InChI=1S/C46H34N2/c1-7-19-35(20-8-1)43-31-37-34-46(48(41-27-15-5-16-28-41)42-29-17-6-18-30-42)44(36-21-9-2-10-22-36)32-38(37)33-45(43)47(39-23-11-3-12-24-39)40-25-13-4-14-26-40/h1-34H. The molecule has 0 aliphatic heterocycles. The first-order chi connectivity index (χ1) is 23.8. The van der Waals surface area contributed by atoms with Crippen LogP contribution in [0.1, 0.15) is 0 Å². The molecule has 0 aliphatic carbocycles. The quantitative estimate of drug-likeness (QED) is 0.168. The largest absolute Gasteiger partial charge is 0.310 e. The topological polar surface area (TPSA) is 6.48 Å². The van der Waals surface area contributed by atoms with Crippen LogP contribution in [0.2, 0.25) is 0 Å². The van der Waals surface area contributed by atoms with Crippen LogP contribution in [-0.2, 0) is 0 Å². The molecule has 0 aliphatic rings. The summed E-state index contributed by atoms with van der Waals surface area (Å²) >= 11 is 0. The smallest absolute Gasteiger partial charge is 0.0546 e. The van der Waals surface area contributed by atoms with E-state index in [-0.39, 0.29) is 0 Å². The third-order valence-electron chi connectivity index (χ3n) is 8.78. The molecule has 0 atom stereocenters. The van der Waals surface area contributed by atoms with Crippen molar-refractivity contribution in [3.8, 4) is 22.3 Å². The summed E-state index contributed by atoms with van der Waals surface area (Å²) in [6.45, 7) is 0. The molecule has 48 heavy (non-hydrogen) atoms. The number of benzene rings is 8. The Bertz CT molecular complexity index is 2010. The molecule has 0 amide bonds. The molecule has 0 spiro atoms. The first-order valence-corrected chi connectivity index (χ1v) is 16.4. The molecule has 2 heteroatoms. The van der Waals surface area contributed by atoms with E-state index >= 15 is 0 Å². The highest BCUT2D eigenvalue weighted by Crippen LogP contribution is 2.47. The number of hydrogen-bond acceptors (Lipinski definition) is 2. The fourth-order valence-electron chi connectivity index (χ4n) is 6.56. The van der Waals surface area contributed by atoms with E-state index < -0.39 is 0 Å². The summed E-state index contributed by atoms with van der Waals surface area (Å²) in [5.41, 5.74) is 11.4. The van der Waals surface area contributed by atoms with Gasteiger partial charge in [-0.05, 0) is 94.7 Å². The molecule has 0 fully saturated rings. The minimum absolute atomic E-state index is 1.11. The van der Waals surface area contributed by atoms with Gasteiger partial charge in [-0.1, -0.05) is 133 Å². The van der Waals surface area contributed by atoms with Crippen molar-refractivity contribution in [2.75, 3.05) is 9.80 Å². The van der Waals surface area contributed by atoms with Gasteiger partial charge in [0.25, 0.3) is 0 Å². The van der Waals surface area contributed by atoms with Gasteiger partial charge < -0.3 is 9.80 Å². The fraction of sp³-hybridized carbons (Fsp3) is 0. The average molecular weight is 615 g/mol. The summed E-state index contributed by atoms with van der Waals surface area (Å²) in [5, 5.41) is 2.34. The van der Waals surface area contributed by atoms with Gasteiger partial charge in [-0.15, -0.1) is 0 Å². The summed E-state index contributed by atoms with van der Waals surface area (Å²) in [5.74, 6) is 0. The maximum Gasteiger partial charge on any atom is 0.0546 e. The fourth-order valence-corrected chi connectivity index (χ4v) is 6.56. The Morgan fingerprint density at radius 3 is 0.771 bits per heavy atom. The van der Waals surface area contributed by atoms with Crippen molar-refractivity contribution in [2.24, 2.45) is 0 Å². The molecule has 0 unspecified atom stereocenters. The lowest BCUT2D eigenvalue weighted by Gasteiger charge is -2.30. The Morgan fingerprint density at radius 1 is 0.250 bits per heavy atom. The van der Waals surface area contributed by atoms with Crippen molar-refractivity contribution < 1.29 is 0 Å². The van der Waals surface area contributed by atoms with Crippen LogP contribution in [0, 0.1) is 0 Å². The van der Waals surface area contributed by atoms with E-state index in [4.69, 9.17) is 0 Å². The molecule has 2 nitrogen and oxygen atoms in total. The predicted molar refractivity (Wildman–Crippen MR) is 204 cm³/mol. The molecule has 0 aromatic heterocycles. The molecule has 0 saturated carbocycles. The van der Waals surface area contributed by atoms with Gasteiger partial charge in [-0.25, -0.2) is 0 Å². The van der Waals surface area contributed by atoms with Gasteiger partial charge in [0.1, 0.15) is 0 Å². The van der Waals surface area contributed by atoms with Gasteiger partial charge in [0.2, 0.25) is 0 Å². The van der Waals surface area contributed by atoms with Crippen LogP contribution in [0.15, 0.2) is 206 Å². The molecule has 0 N–H and O–H groups in total. The van der Waals surface area contributed by atoms with Gasteiger partial charge >= 0.3 is 0 Å². The SMILES string of the molecule is c1ccc(-c2cc3cc(N(c4ccccc4)c4ccccc4)c(-c4ccccc4)cc3cc2N(c2ccccc2)c2ccccc2)cc1. The van der Waals surface area contributed by atoms with Crippen LogP contribution in [0.4, 0.5) is 34.1 Å². The molecule has 8 rings (SSSR count). The summed E-state index contributed by atoms with van der Waals surface area (Å²) in [6.07, 6.45) is 0. The zero-order valence-electron chi connectivity index (χ0n) is 26.5. The third-order valence-corrected chi connectivity index (χ3v) is 8.78. The zero-order chi connectivity index (χ0) is 32.1. The molecular weight excluding hydrogens is 581 g/mol. The number of anilines is 6. The van der Waals surface area contributed by atoms with Crippen LogP contribution in [0.3, 0.4) is 0 Å². The summed E-state index contributed by atoms with van der Waals surface area (Å²) in [4.78, 5) is 4.75. The van der Waals surface area contributed by atoms with Crippen molar-refractivity contribution in [1.29, 1.82) is 0 Å². The highest BCUT2D eigenvalue weighted by atomic mass is 15.2. The molecule has 8 aromatic carbocycles. The number of rotatable bonds is 8. The minimum atomic E-state index is 1.11. The highest BCUT2D eigenvalue weighted by Gasteiger charge is 2.22. The van der Waals surface area contributed by atoms with Crippen LogP contribution >= 0.6 is 0 Å². The van der Waals surface area contributed by atoms with Crippen molar-refractivity contribution >= 4 is 44.9 Å². The third kappa shape index (κ3) is 5.72. The van der Waals surface area contributed by atoms with Crippen LogP contribution in [-0.4, -0.2) is 0 Å². The summed E-state index contributed by atoms with van der Waals surface area (Å²) in [7, 11) is 0. The average Bonchev–Trinajstić information content (AvgIpc) is 3.17. The van der Waals surface area contributed by atoms with E-state index in [0.29, 0.717) is 0 Å². The Hall–Kier alpha value is -6.38. The lowest BCUT2D eigenvalue weighted by Crippen LogP contribution is -2.12. The van der Waals surface area contributed by atoms with Crippen molar-refractivity contribution in [3.63, 3.8) is 0 Å². The second kappa shape index (κ2) is 13.2. The Balaban J connectivity index is 1.44. The van der Waals surface area contributed by atoms with Crippen molar-refractivity contribution in [1.82, 2.24) is 0 Å². The molecule has 0 heterocycles. The number of para-hydroxylation sites is 4. The Kier molecular flexibility index (Phi) is 7.96. The van der Waals surface area contributed by atoms with E-state index in [0.717, 1.165) is 34.1 Å². The molecule has 0 radical (unpaired) electrons. The monoisotopic (exact) mass is 614 g/mol. The zero-order valence-corrected chi connectivity index (χ0v) is 26.5. The summed E-state index contributed by atoms with van der Waals surface area (Å²) < 4.78 is 0. The normalized spacial score (nSPS) is 10.9. The molecule has 0 bridgehead atoms. The number of nitrogens with zero attached hydrogens (tertiary/aromatic N) is 2. The first kappa shape index (κ1) is 29.1. The van der Waals surface area contributed by atoms with Gasteiger partial charge in [0, 0.05) is 33.9 Å². The van der Waals surface area contributed by atoms with Crippen LogP contribution in [0.5, 0.6) is 0 Å². The number of fused-ring (bicyclic) bond motifs is 1. The minimum Gasteiger partial charge on any atom is -0.310 e. The van der Waals surface area contributed by atoms with Gasteiger partial charge in [-0.3, -0.25) is 0 Å². The van der Waals surface area contributed by atoms with E-state index in [1.807, 2.05) is 0 Å². The maximum atomic E-state index is 2.37. The van der Waals surface area contributed by atoms with Crippen LogP contribution in [0.25, 0.3) is 33.0 Å². The summed E-state index contributed by atoms with van der Waals surface area (Å²) in [6, 6.07) is 73.5. The lowest BCUT2D eigenvalue weighted by atomic mass is 9.93. The van der Waals surface area contributed by atoms with Crippen LogP contribution < -0.4 is 9.80 Å². The van der Waals surface area contributed by atoms with Gasteiger partial charge in [0.15, 0.2) is 0 Å². The van der Waals surface area contributed by atoms with E-state index in [1.54, 1.807) is 0 Å². The second-order valence-corrected chi connectivity index (χ2v) is 11.8. The maximum absolute atomic E-state index is 2.37. The molecule has 8 aromatic rings. The Labute approximate surface area is 282 Å². The molecular formula is C46H34N2. The second-order valence-electron chi connectivity index (χ2n) is 11.8. The van der Waals surface area contributed by atoms with Crippen molar-refractivity contribution in [2.45, 2.75) is 0 Å². The van der Waals surface area contributed by atoms with Gasteiger partial charge in [0.05, 0.1) is 11.4 Å². The van der Waals surface area contributed by atoms with Crippen molar-refractivity contribution in [3.05, 3.63) is 206 Å². The number of hydrogen-bond donors (Lipinski definition) is 0. The molecule has 228 valence electrons. The first-order valence-electron chi connectivity index (χ1n) is 16.4. The lowest BCUT2D eigenvalue weighted by molar-refractivity contribution is 1.28. The highest BCUT2D eigenvalue weighted by molar-refractivity contribution is 6.04.